The topological polar surface area (TPSA) is 26.0 Å². The van der Waals surface area contributed by atoms with E-state index in [1.807, 2.05) is 24.3 Å². The molecular formula is C14H19BrClN. The molecule has 94 valence electrons. The van der Waals surface area contributed by atoms with E-state index in [0.29, 0.717) is 0 Å². The second-order valence-electron chi connectivity index (χ2n) is 4.20. The molecule has 0 aliphatic carbocycles. The zero-order chi connectivity index (χ0) is 12.7. The van der Waals surface area contributed by atoms with E-state index in [4.69, 9.17) is 17.3 Å². The average Bonchev–Trinajstić information content (AvgIpc) is 2.32. The Morgan fingerprint density at radius 1 is 1.35 bits per heavy atom. The molecule has 0 radical (unpaired) electrons. The van der Waals surface area contributed by atoms with Crippen LogP contribution in [0, 0.1) is 0 Å². The van der Waals surface area contributed by atoms with Crippen molar-refractivity contribution in [3.05, 3.63) is 45.9 Å². The van der Waals surface area contributed by atoms with Crippen molar-refractivity contribution in [2.75, 3.05) is 0 Å². The molecule has 1 nitrogen and oxygen atoms in total. The summed E-state index contributed by atoms with van der Waals surface area (Å²) in [7, 11) is 0. The van der Waals surface area contributed by atoms with Gasteiger partial charge in [0.25, 0.3) is 0 Å². The molecule has 0 heterocycles. The Morgan fingerprint density at radius 2 is 2.12 bits per heavy atom. The minimum Gasteiger partial charge on any atom is -0.324 e. The Hall–Kier alpha value is -0.310. The van der Waals surface area contributed by atoms with E-state index in [1.165, 1.54) is 12.8 Å². The number of nitrogens with two attached hydrogens (primary N) is 1. The third-order valence-corrected chi connectivity index (χ3v) is 3.74. The Balaban J connectivity index is 2.43. The van der Waals surface area contributed by atoms with Gasteiger partial charge in [0.15, 0.2) is 0 Å². The van der Waals surface area contributed by atoms with Gasteiger partial charge in [-0.15, -0.1) is 6.58 Å². The molecule has 0 aliphatic rings. The molecule has 0 amide bonds. The maximum absolute atomic E-state index is 6.17. The van der Waals surface area contributed by atoms with Crippen molar-refractivity contribution in [2.24, 2.45) is 5.73 Å². The van der Waals surface area contributed by atoms with Gasteiger partial charge in [0.05, 0.1) is 0 Å². The van der Waals surface area contributed by atoms with Crippen LogP contribution in [0.1, 0.15) is 43.7 Å². The first-order valence-corrected chi connectivity index (χ1v) is 7.13. The van der Waals surface area contributed by atoms with Gasteiger partial charge in [-0.3, -0.25) is 0 Å². The third-order valence-electron chi connectivity index (χ3n) is 2.78. The summed E-state index contributed by atoms with van der Waals surface area (Å²) in [6.07, 6.45) is 7.61. The number of halogens is 2. The van der Waals surface area contributed by atoms with Crippen LogP contribution in [-0.2, 0) is 0 Å². The van der Waals surface area contributed by atoms with Crippen molar-refractivity contribution in [3.63, 3.8) is 0 Å². The highest BCUT2D eigenvalue weighted by Crippen LogP contribution is 2.28. The Morgan fingerprint density at radius 3 is 2.82 bits per heavy atom. The fraction of sp³-hybridized carbons (Fsp3) is 0.429. The van der Waals surface area contributed by atoms with E-state index in [-0.39, 0.29) is 6.04 Å². The fourth-order valence-electron chi connectivity index (χ4n) is 1.78. The van der Waals surface area contributed by atoms with Crippen molar-refractivity contribution in [1.29, 1.82) is 0 Å². The predicted molar refractivity (Wildman–Crippen MR) is 79.4 cm³/mol. The molecule has 1 atom stereocenters. The van der Waals surface area contributed by atoms with Gasteiger partial charge in [0, 0.05) is 15.5 Å². The Kier molecular flexibility index (Phi) is 6.86. The monoisotopic (exact) mass is 315 g/mol. The van der Waals surface area contributed by atoms with Crippen LogP contribution in [0.15, 0.2) is 35.3 Å². The molecule has 0 fully saturated rings. The van der Waals surface area contributed by atoms with E-state index in [0.717, 1.165) is 34.3 Å². The molecule has 0 aromatic heterocycles. The van der Waals surface area contributed by atoms with Crippen LogP contribution in [0.2, 0.25) is 5.02 Å². The molecule has 0 saturated heterocycles. The maximum atomic E-state index is 6.17. The summed E-state index contributed by atoms with van der Waals surface area (Å²) < 4.78 is 1.04. The molecule has 17 heavy (non-hydrogen) atoms. The SMILES string of the molecule is C=CCCCCCC(N)c1cc(Cl)ccc1Br. The van der Waals surface area contributed by atoms with Crippen molar-refractivity contribution in [2.45, 2.75) is 38.1 Å². The van der Waals surface area contributed by atoms with Crippen LogP contribution in [0.25, 0.3) is 0 Å². The molecule has 0 bridgehead atoms. The van der Waals surface area contributed by atoms with Gasteiger partial charge < -0.3 is 5.73 Å². The minimum absolute atomic E-state index is 0.0619. The number of benzene rings is 1. The van der Waals surface area contributed by atoms with Crippen molar-refractivity contribution in [3.8, 4) is 0 Å². The molecule has 3 heteroatoms. The van der Waals surface area contributed by atoms with Crippen LogP contribution in [0.3, 0.4) is 0 Å². The summed E-state index contributed by atoms with van der Waals surface area (Å²) in [5.41, 5.74) is 7.27. The largest absolute Gasteiger partial charge is 0.324 e. The van der Waals surface area contributed by atoms with Crippen molar-refractivity contribution in [1.82, 2.24) is 0 Å². The summed E-state index contributed by atoms with van der Waals surface area (Å²) in [5.74, 6) is 0. The number of rotatable bonds is 7. The number of unbranched alkanes of at least 4 members (excludes halogenated alkanes) is 3. The molecule has 0 saturated carbocycles. The minimum atomic E-state index is 0.0619. The van der Waals surface area contributed by atoms with Gasteiger partial charge in [-0.1, -0.05) is 46.4 Å². The van der Waals surface area contributed by atoms with Crippen LogP contribution < -0.4 is 5.73 Å². The normalized spacial score (nSPS) is 12.4. The number of hydrogen-bond donors (Lipinski definition) is 1. The lowest BCUT2D eigenvalue weighted by molar-refractivity contribution is 0.571. The average molecular weight is 317 g/mol. The van der Waals surface area contributed by atoms with Gasteiger partial charge in [0.1, 0.15) is 0 Å². The molecule has 1 rings (SSSR count). The summed E-state index contributed by atoms with van der Waals surface area (Å²) >= 11 is 9.49. The van der Waals surface area contributed by atoms with Crippen LogP contribution in [0.4, 0.5) is 0 Å². The van der Waals surface area contributed by atoms with E-state index >= 15 is 0 Å². The predicted octanol–water partition coefficient (Wildman–Crippen LogP) is 5.24. The summed E-state index contributed by atoms with van der Waals surface area (Å²) in [5, 5.41) is 0.741. The quantitative estimate of drug-likeness (QED) is 0.540. The number of hydrogen-bond acceptors (Lipinski definition) is 1. The highest BCUT2D eigenvalue weighted by atomic mass is 79.9. The molecule has 2 N–H and O–H groups in total. The van der Waals surface area contributed by atoms with Gasteiger partial charge >= 0.3 is 0 Å². The lowest BCUT2D eigenvalue weighted by Gasteiger charge is -2.14. The molecular weight excluding hydrogens is 298 g/mol. The van der Waals surface area contributed by atoms with E-state index in [9.17, 15) is 0 Å². The van der Waals surface area contributed by atoms with E-state index in [1.54, 1.807) is 0 Å². The zero-order valence-electron chi connectivity index (χ0n) is 9.96. The first-order valence-electron chi connectivity index (χ1n) is 5.96. The summed E-state index contributed by atoms with van der Waals surface area (Å²) in [6, 6.07) is 5.83. The van der Waals surface area contributed by atoms with Gasteiger partial charge in [-0.05, 0) is 43.0 Å². The smallest absolute Gasteiger partial charge is 0.0410 e. The maximum Gasteiger partial charge on any atom is 0.0410 e. The second kappa shape index (κ2) is 7.91. The van der Waals surface area contributed by atoms with Crippen LogP contribution >= 0.6 is 27.5 Å². The molecule has 0 spiro atoms. The van der Waals surface area contributed by atoms with E-state index in [2.05, 4.69) is 22.5 Å². The number of allylic oxidation sites excluding steroid dienone is 1. The fourth-order valence-corrected chi connectivity index (χ4v) is 2.51. The van der Waals surface area contributed by atoms with Crippen molar-refractivity contribution < 1.29 is 0 Å². The lowest BCUT2D eigenvalue weighted by atomic mass is 10.0. The summed E-state index contributed by atoms with van der Waals surface area (Å²) in [6.45, 7) is 3.72. The molecule has 1 aromatic carbocycles. The third kappa shape index (κ3) is 5.24. The van der Waals surface area contributed by atoms with Crippen LogP contribution in [0.5, 0.6) is 0 Å². The van der Waals surface area contributed by atoms with Gasteiger partial charge in [-0.25, -0.2) is 0 Å². The molecule has 1 unspecified atom stereocenters. The van der Waals surface area contributed by atoms with Gasteiger partial charge in [0.2, 0.25) is 0 Å². The zero-order valence-corrected chi connectivity index (χ0v) is 12.3. The second-order valence-corrected chi connectivity index (χ2v) is 5.49. The molecule has 1 aromatic rings. The highest BCUT2D eigenvalue weighted by Gasteiger charge is 2.10. The van der Waals surface area contributed by atoms with Crippen molar-refractivity contribution >= 4 is 27.5 Å². The highest BCUT2D eigenvalue weighted by molar-refractivity contribution is 9.10. The van der Waals surface area contributed by atoms with E-state index < -0.39 is 0 Å². The first-order chi connectivity index (χ1) is 8.15. The summed E-state index contributed by atoms with van der Waals surface area (Å²) in [4.78, 5) is 0. The lowest BCUT2D eigenvalue weighted by Crippen LogP contribution is -2.10. The Labute approximate surface area is 117 Å². The molecule has 0 aliphatic heterocycles. The first kappa shape index (κ1) is 14.7. The van der Waals surface area contributed by atoms with Crippen LogP contribution in [-0.4, -0.2) is 0 Å². The van der Waals surface area contributed by atoms with Gasteiger partial charge in [-0.2, -0.15) is 0 Å². The standard InChI is InChI=1S/C14H19BrClN/c1-2-3-4-5-6-7-14(17)12-10-11(16)8-9-13(12)15/h2,8-10,14H,1,3-7,17H2. The Bertz CT molecular complexity index is 365.